The van der Waals surface area contributed by atoms with Crippen molar-refractivity contribution in [2.24, 2.45) is 5.92 Å². The number of esters is 1. The SMILES string of the molecule is COC(=O)C1NNC2CCC(NC(=O)CCCn3cnc4ccccc4c3=O)CC21. The van der Waals surface area contributed by atoms with Gasteiger partial charge in [-0.15, -0.1) is 0 Å². The van der Waals surface area contributed by atoms with Crippen molar-refractivity contribution >= 4 is 22.8 Å². The predicted octanol–water partition coefficient (Wildman–Crippen LogP) is 0.480. The van der Waals surface area contributed by atoms with Gasteiger partial charge in [-0.2, -0.15) is 0 Å². The fraction of sp³-hybridized carbons (Fsp3) is 0.524. The number of carbonyl (C=O) groups is 2. The Bertz CT molecular complexity index is 991. The molecule has 0 bridgehead atoms. The van der Waals surface area contributed by atoms with Crippen LogP contribution >= 0.6 is 0 Å². The molecule has 160 valence electrons. The van der Waals surface area contributed by atoms with Gasteiger partial charge in [0.05, 0.1) is 24.3 Å². The molecule has 4 unspecified atom stereocenters. The van der Waals surface area contributed by atoms with E-state index in [2.05, 4.69) is 21.2 Å². The third-order valence-electron chi connectivity index (χ3n) is 6.11. The molecule has 1 saturated carbocycles. The molecule has 2 aliphatic rings. The second-order valence-electron chi connectivity index (χ2n) is 8.00. The van der Waals surface area contributed by atoms with Crippen LogP contribution in [-0.2, 0) is 20.9 Å². The first-order valence-corrected chi connectivity index (χ1v) is 10.4. The maximum absolute atomic E-state index is 12.5. The highest BCUT2D eigenvalue weighted by Gasteiger charge is 2.44. The normalized spacial score (nSPS) is 25.6. The summed E-state index contributed by atoms with van der Waals surface area (Å²) in [6.07, 6.45) is 4.90. The molecule has 2 aromatic rings. The molecule has 1 aromatic heterocycles. The summed E-state index contributed by atoms with van der Waals surface area (Å²) in [7, 11) is 1.38. The van der Waals surface area contributed by atoms with Crippen LogP contribution in [0.4, 0.5) is 0 Å². The van der Waals surface area contributed by atoms with Gasteiger partial charge in [0.2, 0.25) is 5.91 Å². The quantitative estimate of drug-likeness (QED) is 0.590. The van der Waals surface area contributed by atoms with Crippen LogP contribution in [0, 0.1) is 5.92 Å². The van der Waals surface area contributed by atoms with Gasteiger partial charge in [-0.3, -0.25) is 24.4 Å². The van der Waals surface area contributed by atoms with Crippen LogP contribution in [0.2, 0.25) is 0 Å². The number of nitrogens with one attached hydrogen (secondary N) is 3. The van der Waals surface area contributed by atoms with Gasteiger partial charge in [0.15, 0.2) is 0 Å². The summed E-state index contributed by atoms with van der Waals surface area (Å²) in [4.78, 5) is 41.2. The Balaban J connectivity index is 1.28. The first kappa shape index (κ1) is 20.5. The zero-order valence-electron chi connectivity index (χ0n) is 17.0. The molecular weight excluding hydrogens is 386 g/mol. The molecule has 9 nitrogen and oxygen atoms in total. The first-order chi connectivity index (χ1) is 14.6. The van der Waals surface area contributed by atoms with E-state index < -0.39 is 0 Å². The third-order valence-corrected chi connectivity index (χ3v) is 6.11. The summed E-state index contributed by atoms with van der Waals surface area (Å²) in [6, 6.07) is 7.11. The maximum Gasteiger partial charge on any atom is 0.324 e. The molecule has 4 atom stereocenters. The van der Waals surface area contributed by atoms with E-state index in [9.17, 15) is 14.4 Å². The van der Waals surface area contributed by atoms with Gasteiger partial charge < -0.3 is 10.1 Å². The van der Waals surface area contributed by atoms with Crippen molar-refractivity contribution in [1.29, 1.82) is 0 Å². The van der Waals surface area contributed by atoms with Crippen LogP contribution in [0.15, 0.2) is 35.4 Å². The van der Waals surface area contributed by atoms with Crippen molar-refractivity contribution < 1.29 is 14.3 Å². The Morgan fingerprint density at radius 3 is 2.93 bits per heavy atom. The summed E-state index contributed by atoms with van der Waals surface area (Å²) in [5.41, 5.74) is 6.77. The van der Waals surface area contributed by atoms with Crippen LogP contribution in [0.5, 0.6) is 0 Å². The number of carbonyl (C=O) groups excluding carboxylic acids is 2. The number of nitrogens with zero attached hydrogens (tertiary/aromatic N) is 2. The van der Waals surface area contributed by atoms with Gasteiger partial charge in [0.1, 0.15) is 6.04 Å². The molecule has 0 spiro atoms. The lowest BCUT2D eigenvalue weighted by Crippen LogP contribution is -2.46. The number of hydrogen-bond acceptors (Lipinski definition) is 7. The molecule has 2 heterocycles. The number of aryl methyl sites for hydroxylation is 1. The molecule has 9 heteroatoms. The molecule has 0 radical (unpaired) electrons. The summed E-state index contributed by atoms with van der Waals surface area (Å²) in [5, 5.41) is 3.67. The number of methoxy groups -OCH3 is 1. The number of para-hydroxylation sites is 1. The van der Waals surface area contributed by atoms with E-state index in [0.29, 0.717) is 30.3 Å². The Morgan fingerprint density at radius 1 is 1.27 bits per heavy atom. The number of hydrogen-bond donors (Lipinski definition) is 3. The Labute approximate surface area is 174 Å². The molecular formula is C21H27N5O4. The predicted molar refractivity (Wildman–Crippen MR) is 110 cm³/mol. The molecule has 1 amide bonds. The molecule has 30 heavy (non-hydrogen) atoms. The highest BCUT2D eigenvalue weighted by Crippen LogP contribution is 2.31. The molecule has 4 rings (SSSR count). The van der Waals surface area contributed by atoms with Crippen LogP contribution < -0.4 is 21.7 Å². The lowest BCUT2D eigenvalue weighted by molar-refractivity contribution is -0.144. The zero-order valence-corrected chi connectivity index (χ0v) is 17.0. The monoisotopic (exact) mass is 413 g/mol. The Hall–Kier alpha value is -2.78. The fourth-order valence-corrected chi connectivity index (χ4v) is 4.52. The average Bonchev–Trinajstić information content (AvgIpc) is 3.18. The average molecular weight is 413 g/mol. The highest BCUT2D eigenvalue weighted by molar-refractivity contribution is 5.78. The van der Waals surface area contributed by atoms with Gasteiger partial charge >= 0.3 is 5.97 Å². The molecule has 1 aliphatic heterocycles. The van der Waals surface area contributed by atoms with Gasteiger partial charge in [-0.25, -0.2) is 10.4 Å². The van der Waals surface area contributed by atoms with E-state index in [4.69, 9.17) is 4.74 Å². The van der Waals surface area contributed by atoms with E-state index in [1.165, 1.54) is 13.4 Å². The lowest BCUT2D eigenvalue weighted by atomic mass is 9.79. The zero-order chi connectivity index (χ0) is 21.1. The lowest BCUT2D eigenvalue weighted by Gasteiger charge is -2.32. The minimum atomic E-state index is -0.382. The van der Waals surface area contributed by atoms with Gasteiger partial charge in [-0.1, -0.05) is 12.1 Å². The molecule has 1 aromatic carbocycles. The number of benzene rings is 1. The maximum atomic E-state index is 12.5. The highest BCUT2D eigenvalue weighted by atomic mass is 16.5. The van der Waals surface area contributed by atoms with Crippen LogP contribution in [0.25, 0.3) is 10.9 Å². The van der Waals surface area contributed by atoms with Gasteiger partial charge in [-0.05, 0) is 37.8 Å². The van der Waals surface area contributed by atoms with Crippen molar-refractivity contribution in [2.75, 3.05) is 7.11 Å². The van der Waals surface area contributed by atoms with E-state index in [-0.39, 0.29) is 41.5 Å². The van der Waals surface area contributed by atoms with Crippen LogP contribution in [0.3, 0.4) is 0 Å². The van der Waals surface area contributed by atoms with Gasteiger partial charge in [0.25, 0.3) is 5.56 Å². The number of ether oxygens (including phenoxy) is 1. The van der Waals surface area contributed by atoms with E-state index in [1.807, 2.05) is 18.2 Å². The molecule has 1 saturated heterocycles. The summed E-state index contributed by atoms with van der Waals surface area (Å²) in [6.45, 7) is 0.442. The smallest absolute Gasteiger partial charge is 0.324 e. The molecule has 3 N–H and O–H groups in total. The largest absolute Gasteiger partial charge is 0.468 e. The number of hydrazine groups is 1. The van der Waals surface area contributed by atoms with Crippen molar-refractivity contribution in [3.63, 3.8) is 0 Å². The van der Waals surface area contributed by atoms with E-state index >= 15 is 0 Å². The van der Waals surface area contributed by atoms with Crippen LogP contribution in [0.1, 0.15) is 32.1 Å². The van der Waals surface area contributed by atoms with Crippen molar-refractivity contribution in [3.05, 3.63) is 40.9 Å². The second-order valence-corrected chi connectivity index (χ2v) is 8.00. The van der Waals surface area contributed by atoms with Gasteiger partial charge in [0, 0.05) is 31.0 Å². The summed E-state index contributed by atoms with van der Waals surface area (Å²) >= 11 is 0. The van der Waals surface area contributed by atoms with Crippen molar-refractivity contribution in [2.45, 2.75) is 56.8 Å². The summed E-state index contributed by atoms with van der Waals surface area (Å²) in [5.74, 6) is -0.219. The van der Waals surface area contributed by atoms with Crippen molar-refractivity contribution in [1.82, 2.24) is 25.7 Å². The number of amides is 1. The molecule has 2 fully saturated rings. The van der Waals surface area contributed by atoms with E-state index in [0.717, 1.165) is 19.3 Å². The third kappa shape index (κ3) is 4.22. The number of rotatable bonds is 6. The minimum absolute atomic E-state index is 0.0335. The van der Waals surface area contributed by atoms with Crippen molar-refractivity contribution in [3.8, 4) is 0 Å². The number of fused-ring (bicyclic) bond motifs is 2. The van der Waals surface area contributed by atoms with Crippen LogP contribution in [-0.4, -0.2) is 46.7 Å². The van der Waals surface area contributed by atoms with E-state index in [1.54, 1.807) is 10.6 Å². The minimum Gasteiger partial charge on any atom is -0.468 e. The second kappa shape index (κ2) is 8.93. The first-order valence-electron chi connectivity index (χ1n) is 10.4. The topological polar surface area (TPSA) is 114 Å². The number of aromatic nitrogens is 2. The summed E-state index contributed by atoms with van der Waals surface area (Å²) < 4.78 is 6.42. The Kier molecular flexibility index (Phi) is 6.10. The Morgan fingerprint density at radius 2 is 2.10 bits per heavy atom. The molecule has 1 aliphatic carbocycles. The fourth-order valence-electron chi connectivity index (χ4n) is 4.52. The standard InChI is InChI=1S/C21H27N5O4/c1-30-21(29)19-15-11-13(8-9-17(15)24-25-19)23-18(27)7-4-10-26-12-22-16-6-3-2-5-14(16)20(26)28/h2-3,5-6,12-13,15,17,19,24-25H,4,7-11H2,1H3,(H,23,27).